The van der Waals surface area contributed by atoms with Crippen LogP contribution in [0.3, 0.4) is 0 Å². The topological polar surface area (TPSA) is 66.8 Å². The number of phenolic OH excluding ortho intramolecular Hbond substituents is 1. The van der Waals surface area contributed by atoms with Crippen LogP contribution in [-0.4, -0.2) is 41.9 Å². The summed E-state index contributed by atoms with van der Waals surface area (Å²) in [6.07, 6.45) is 1.23. The third-order valence-electron chi connectivity index (χ3n) is 5.62. The first-order chi connectivity index (χ1) is 14.1. The van der Waals surface area contributed by atoms with Gasteiger partial charge in [0.05, 0.1) is 12.7 Å². The van der Waals surface area contributed by atoms with Crippen LogP contribution in [-0.2, 0) is 0 Å². The lowest BCUT2D eigenvalue weighted by Gasteiger charge is -2.31. The number of Topliss-reactive ketones (excluding diaryl/α,β-unsaturated/α-hetero) is 1. The van der Waals surface area contributed by atoms with Gasteiger partial charge in [-0.05, 0) is 60.0 Å². The first-order valence-electron chi connectivity index (χ1n) is 9.76. The van der Waals surface area contributed by atoms with Gasteiger partial charge in [0.15, 0.2) is 5.78 Å². The van der Waals surface area contributed by atoms with Crippen molar-refractivity contribution in [2.24, 2.45) is 5.92 Å². The first kappa shape index (κ1) is 19.0. The predicted octanol–water partition coefficient (Wildman–Crippen LogP) is 4.29. The van der Waals surface area contributed by atoms with Crippen LogP contribution in [0, 0.1) is 5.92 Å². The van der Waals surface area contributed by atoms with Gasteiger partial charge in [-0.3, -0.25) is 9.59 Å². The van der Waals surface area contributed by atoms with E-state index in [1.54, 1.807) is 48.4 Å². The molecular formula is C24H23NO4. The van der Waals surface area contributed by atoms with E-state index in [4.69, 9.17) is 4.74 Å². The van der Waals surface area contributed by atoms with E-state index < -0.39 is 0 Å². The maximum atomic E-state index is 12.9. The second-order valence-electron chi connectivity index (χ2n) is 7.38. The zero-order valence-electron chi connectivity index (χ0n) is 16.3. The molecular weight excluding hydrogens is 366 g/mol. The van der Waals surface area contributed by atoms with Crippen LogP contribution in [0.5, 0.6) is 11.5 Å². The highest BCUT2D eigenvalue weighted by Crippen LogP contribution is 2.29. The van der Waals surface area contributed by atoms with Crippen molar-refractivity contribution in [3.63, 3.8) is 0 Å². The molecule has 0 atom stereocenters. The predicted molar refractivity (Wildman–Crippen MR) is 112 cm³/mol. The fourth-order valence-electron chi connectivity index (χ4n) is 3.91. The third kappa shape index (κ3) is 3.81. The molecule has 0 radical (unpaired) electrons. The minimum absolute atomic E-state index is 0.00914. The van der Waals surface area contributed by atoms with E-state index in [0.717, 1.165) is 16.5 Å². The molecule has 1 amide bonds. The molecule has 0 saturated carbocycles. The Morgan fingerprint density at radius 3 is 2.21 bits per heavy atom. The van der Waals surface area contributed by atoms with Crippen molar-refractivity contribution in [2.75, 3.05) is 20.2 Å². The lowest BCUT2D eigenvalue weighted by Crippen LogP contribution is -2.40. The number of phenols is 1. The summed E-state index contributed by atoms with van der Waals surface area (Å²) in [5.74, 6) is 0.525. The number of aromatic hydroxyl groups is 1. The van der Waals surface area contributed by atoms with Crippen LogP contribution in [0.2, 0.25) is 0 Å². The van der Waals surface area contributed by atoms with Gasteiger partial charge < -0.3 is 14.7 Å². The second-order valence-corrected chi connectivity index (χ2v) is 7.38. The van der Waals surface area contributed by atoms with E-state index in [1.165, 1.54) is 0 Å². The number of carbonyl (C=O) groups excluding carboxylic acids is 2. The number of benzene rings is 3. The van der Waals surface area contributed by atoms with Crippen molar-refractivity contribution >= 4 is 22.5 Å². The number of ketones is 1. The van der Waals surface area contributed by atoms with E-state index in [2.05, 4.69) is 0 Å². The number of likely N-dealkylation sites (tertiary alicyclic amines) is 1. The highest BCUT2D eigenvalue weighted by molar-refractivity contribution is 6.02. The number of hydrogen-bond acceptors (Lipinski definition) is 4. The molecule has 1 fully saturated rings. The molecule has 5 heteroatoms. The molecule has 5 nitrogen and oxygen atoms in total. The monoisotopic (exact) mass is 389 g/mol. The summed E-state index contributed by atoms with van der Waals surface area (Å²) < 4.78 is 5.14. The van der Waals surface area contributed by atoms with Gasteiger partial charge in [-0.15, -0.1) is 0 Å². The van der Waals surface area contributed by atoms with Crippen molar-refractivity contribution in [3.8, 4) is 11.5 Å². The van der Waals surface area contributed by atoms with Gasteiger partial charge >= 0.3 is 0 Å². The number of amides is 1. The zero-order valence-corrected chi connectivity index (χ0v) is 16.3. The van der Waals surface area contributed by atoms with Crippen molar-refractivity contribution in [1.29, 1.82) is 0 Å². The zero-order chi connectivity index (χ0) is 20.4. The molecule has 29 heavy (non-hydrogen) atoms. The van der Waals surface area contributed by atoms with Crippen molar-refractivity contribution in [1.82, 2.24) is 4.90 Å². The molecule has 0 spiro atoms. The number of methoxy groups -OCH3 is 1. The minimum atomic E-state index is -0.191. The maximum absolute atomic E-state index is 12.9. The Hall–Kier alpha value is -3.34. The minimum Gasteiger partial charge on any atom is -0.507 e. The van der Waals surface area contributed by atoms with Crippen LogP contribution in [0.15, 0.2) is 60.7 Å². The summed E-state index contributed by atoms with van der Waals surface area (Å²) in [6.45, 7) is 0.995. The number of hydrogen-bond donors (Lipinski definition) is 1. The summed E-state index contributed by atoms with van der Waals surface area (Å²) in [7, 11) is 1.59. The lowest BCUT2D eigenvalue weighted by molar-refractivity contribution is 0.0648. The van der Waals surface area contributed by atoms with Crippen molar-refractivity contribution in [3.05, 3.63) is 71.8 Å². The van der Waals surface area contributed by atoms with Gasteiger partial charge in [0.1, 0.15) is 11.5 Å². The molecule has 0 aliphatic carbocycles. The number of carbonyl (C=O) groups is 2. The van der Waals surface area contributed by atoms with E-state index >= 15 is 0 Å². The van der Waals surface area contributed by atoms with E-state index in [0.29, 0.717) is 37.1 Å². The molecule has 0 aromatic heterocycles. The Labute approximate surface area is 169 Å². The Morgan fingerprint density at radius 2 is 1.59 bits per heavy atom. The van der Waals surface area contributed by atoms with Crippen molar-refractivity contribution in [2.45, 2.75) is 12.8 Å². The van der Waals surface area contributed by atoms with Gasteiger partial charge in [-0.2, -0.15) is 0 Å². The Bertz CT molecular complexity index is 1050. The molecule has 148 valence electrons. The Morgan fingerprint density at radius 1 is 0.966 bits per heavy atom. The summed E-state index contributed by atoms with van der Waals surface area (Å²) >= 11 is 0. The second kappa shape index (κ2) is 7.95. The molecule has 0 unspecified atom stereocenters. The Balaban J connectivity index is 1.44. The van der Waals surface area contributed by atoms with Crippen LogP contribution < -0.4 is 4.74 Å². The maximum Gasteiger partial charge on any atom is 0.257 e. The largest absolute Gasteiger partial charge is 0.507 e. The molecule has 1 aliphatic rings. The highest BCUT2D eigenvalue weighted by Gasteiger charge is 2.29. The quantitative estimate of drug-likeness (QED) is 0.676. The number of nitrogens with zero attached hydrogens (tertiary/aromatic N) is 1. The fraction of sp³-hybridized carbons (Fsp3) is 0.250. The number of rotatable bonds is 4. The summed E-state index contributed by atoms with van der Waals surface area (Å²) in [5.41, 5.74) is 0.978. The van der Waals surface area contributed by atoms with Crippen LogP contribution in [0.25, 0.3) is 10.8 Å². The smallest absolute Gasteiger partial charge is 0.257 e. The third-order valence-corrected chi connectivity index (χ3v) is 5.62. The molecule has 1 heterocycles. The number of fused-ring (bicyclic) bond motifs is 1. The highest BCUT2D eigenvalue weighted by atomic mass is 16.5. The van der Waals surface area contributed by atoms with Crippen LogP contribution in [0.1, 0.15) is 33.6 Å². The fourth-order valence-corrected chi connectivity index (χ4v) is 3.91. The van der Waals surface area contributed by atoms with Gasteiger partial charge in [-0.1, -0.05) is 24.3 Å². The first-order valence-corrected chi connectivity index (χ1v) is 9.76. The molecule has 1 aliphatic heterocycles. The average molecular weight is 389 g/mol. The summed E-state index contributed by atoms with van der Waals surface area (Å²) in [5, 5.41) is 12.1. The molecule has 4 rings (SSSR count). The van der Waals surface area contributed by atoms with Gasteiger partial charge in [0.2, 0.25) is 0 Å². The number of ether oxygens (including phenoxy) is 1. The van der Waals surface area contributed by atoms with Gasteiger partial charge in [0.25, 0.3) is 5.91 Å². The lowest BCUT2D eigenvalue weighted by atomic mass is 9.88. The molecule has 3 aromatic rings. The van der Waals surface area contributed by atoms with Crippen LogP contribution >= 0.6 is 0 Å². The molecule has 1 N–H and O–H groups in total. The molecule has 0 bridgehead atoms. The van der Waals surface area contributed by atoms with E-state index in [1.807, 2.05) is 24.3 Å². The SMILES string of the molecule is COc1ccc(C(=O)C2CCN(C(=O)c3cc4ccccc4cc3O)CC2)cc1. The normalized spacial score (nSPS) is 14.7. The Kier molecular flexibility index (Phi) is 5.21. The average Bonchev–Trinajstić information content (AvgIpc) is 2.78. The number of piperidine rings is 1. The van der Waals surface area contributed by atoms with Crippen molar-refractivity contribution < 1.29 is 19.4 Å². The van der Waals surface area contributed by atoms with Crippen LogP contribution in [0.4, 0.5) is 0 Å². The van der Waals surface area contributed by atoms with E-state index in [9.17, 15) is 14.7 Å². The van der Waals surface area contributed by atoms with E-state index in [-0.39, 0.29) is 23.4 Å². The standard InChI is InChI=1S/C24H23NO4/c1-29-20-8-6-16(7-9-20)23(27)17-10-12-25(13-11-17)24(28)21-14-18-4-2-3-5-19(18)15-22(21)26/h2-9,14-15,17,26H,10-13H2,1H3. The molecule has 1 saturated heterocycles. The summed E-state index contributed by atoms with van der Waals surface area (Å²) in [6, 6.07) is 18.1. The van der Waals surface area contributed by atoms with Gasteiger partial charge in [0, 0.05) is 24.6 Å². The summed E-state index contributed by atoms with van der Waals surface area (Å²) in [4.78, 5) is 27.4. The van der Waals surface area contributed by atoms with Gasteiger partial charge in [-0.25, -0.2) is 0 Å². The molecule has 3 aromatic carbocycles.